The number of hydrogen-bond donors (Lipinski definition) is 2. The van der Waals surface area contributed by atoms with Gasteiger partial charge in [-0.25, -0.2) is 9.59 Å². The van der Waals surface area contributed by atoms with Crippen LogP contribution in [0.25, 0.3) is 0 Å². The van der Waals surface area contributed by atoms with Crippen LogP contribution in [0.15, 0.2) is 12.4 Å². The van der Waals surface area contributed by atoms with E-state index in [1.165, 1.54) is 4.90 Å². The Morgan fingerprint density at radius 2 is 2.13 bits per heavy atom. The molecule has 0 spiro atoms. The minimum absolute atomic E-state index is 0.209. The van der Waals surface area contributed by atoms with Crippen LogP contribution in [-0.2, 0) is 11.2 Å². The number of nitrogens with zero attached hydrogens (tertiary/aromatic N) is 3. The van der Waals surface area contributed by atoms with Crippen LogP contribution in [0, 0.1) is 0 Å². The summed E-state index contributed by atoms with van der Waals surface area (Å²) in [4.78, 5) is 24.5. The molecule has 128 valence electrons. The Morgan fingerprint density at radius 3 is 2.65 bits per heavy atom. The number of likely N-dealkylation sites (tertiary alicyclic amines) is 1. The standard InChI is InChI=1S/C15H24N4O4/c1-5-10-6-16-19(7-10)12-9-18(14(21)22)8-11(12)17-13(20)23-15(2,3)4/h6-7,11-12H,5,8-9H2,1-4H3,(H,17,20)(H,21,22). The lowest BCUT2D eigenvalue weighted by Crippen LogP contribution is -2.44. The van der Waals surface area contributed by atoms with Gasteiger partial charge < -0.3 is 20.1 Å². The molecule has 0 radical (unpaired) electrons. The van der Waals surface area contributed by atoms with Crippen LogP contribution in [0.2, 0.25) is 0 Å². The number of carboxylic acid groups (broad SMARTS) is 1. The van der Waals surface area contributed by atoms with E-state index in [1.54, 1.807) is 31.6 Å². The molecule has 2 unspecified atom stereocenters. The van der Waals surface area contributed by atoms with Crippen LogP contribution in [0.5, 0.6) is 0 Å². The Balaban J connectivity index is 2.13. The Kier molecular flexibility index (Phi) is 4.82. The lowest BCUT2D eigenvalue weighted by Gasteiger charge is -2.24. The Hall–Kier alpha value is -2.25. The maximum absolute atomic E-state index is 12.0. The molecule has 8 heteroatoms. The summed E-state index contributed by atoms with van der Waals surface area (Å²) in [6, 6.07) is -0.635. The van der Waals surface area contributed by atoms with E-state index in [0.29, 0.717) is 0 Å². The van der Waals surface area contributed by atoms with Gasteiger partial charge in [-0.3, -0.25) is 4.68 Å². The minimum atomic E-state index is -1.01. The molecular formula is C15H24N4O4. The van der Waals surface area contributed by atoms with Crippen molar-refractivity contribution < 1.29 is 19.4 Å². The number of alkyl carbamates (subject to hydrolysis) is 1. The second kappa shape index (κ2) is 6.47. The highest BCUT2D eigenvalue weighted by atomic mass is 16.6. The molecule has 0 bridgehead atoms. The molecule has 1 aliphatic rings. The third kappa shape index (κ3) is 4.37. The largest absolute Gasteiger partial charge is 0.465 e. The Bertz CT molecular complexity index is 578. The Labute approximate surface area is 135 Å². The molecule has 1 fully saturated rings. The normalized spacial score (nSPS) is 21.3. The first-order valence-electron chi connectivity index (χ1n) is 7.70. The predicted molar refractivity (Wildman–Crippen MR) is 83.4 cm³/mol. The SMILES string of the molecule is CCc1cnn(C2CN(C(=O)O)CC2NC(=O)OC(C)(C)C)c1. The number of aryl methyl sites for hydroxylation is 1. The van der Waals surface area contributed by atoms with Crippen molar-refractivity contribution in [1.29, 1.82) is 0 Å². The maximum atomic E-state index is 12.0. The van der Waals surface area contributed by atoms with Crippen LogP contribution in [0.4, 0.5) is 9.59 Å². The lowest BCUT2D eigenvalue weighted by atomic mass is 10.1. The fourth-order valence-electron chi connectivity index (χ4n) is 2.55. The number of rotatable bonds is 3. The topological polar surface area (TPSA) is 96.7 Å². The molecule has 2 atom stereocenters. The number of carbonyl (C=O) groups excluding carboxylic acids is 1. The molecule has 1 saturated heterocycles. The van der Waals surface area contributed by atoms with Gasteiger partial charge in [-0.05, 0) is 32.8 Å². The van der Waals surface area contributed by atoms with Crippen LogP contribution in [0.3, 0.4) is 0 Å². The van der Waals surface area contributed by atoms with E-state index in [0.717, 1.165) is 12.0 Å². The third-order valence-corrected chi connectivity index (χ3v) is 3.66. The van der Waals surface area contributed by atoms with E-state index in [2.05, 4.69) is 10.4 Å². The minimum Gasteiger partial charge on any atom is -0.465 e. The first-order valence-corrected chi connectivity index (χ1v) is 7.70. The summed E-state index contributed by atoms with van der Waals surface area (Å²) in [6.45, 7) is 7.85. The van der Waals surface area contributed by atoms with Gasteiger partial charge in [0, 0.05) is 19.3 Å². The van der Waals surface area contributed by atoms with Crippen molar-refractivity contribution in [3.63, 3.8) is 0 Å². The molecule has 2 heterocycles. The molecule has 8 nitrogen and oxygen atoms in total. The molecule has 1 aromatic rings. The number of hydrogen-bond acceptors (Lipinski definition) is 4. The maximum Gasteiger partial charge on any atom is 0.408 e. The van der Waals surface area contributed by atoms with Gasteiger partial charge >= 0.3 is 12.2 Å². The molecule has 0 aliphatic carbocycles. The zero-order valence-electron chi connectivity index (χ0n) is 13.9. The first kappa shape index (κ1) is 17.1. The van der Waals surface area contributed by atoms with E-state index >= 15 is 0 Å². The van der Waals surface area contributed by atoms with Crippen LogP contribution >= 0.6 is 0 Å². The summed E-state index contributed by atoms with van der Waals surface area (Å²) in [6.07, 6.45) is 2.93. The summed E-state index contributed by atoms with van der Waals surface area (Å²) in [5, 5.41) is 16.3. The quantitative estimate of drug-likeness (QED) is 0.885. The van der Waals surface area contributed by atoms with Gasteiger partial charge in [-0.2, -0.15) is 5.10 Å². The molecule has 1 aromatic heterocycles. The van der Waals surface area contributed by atoms with Crippen molar-refractivity contribution in [1.82, 2.24) is 20.0 Å². The van der Waals surface area contributed by atoms with Gasteiger partial charge in [0.2, 0.25) is 0 Å². The predicted octanol–water partition coefficient (Wildman–Crippen LogP) is 1.87. The van der Waals surface area contributed by atoms with E-state index < -0.39 is 17.8 Å². The summed E-state index contributed by atoms with van der Waals surface area (Å²) >= 11 is 0. The van der Waals surface area contributed by atoms with E-state index in [9.17, 15) is 14.7 Å². The highest BCUT2D eigenvalue weighted by Gasteiger charge is 2.38. The number of aromatic nitrogens is 2. The van der Waals surface area contributed by atoms with Crippen LogP contribution in [0.1, 0.15) is 39.3 Å². The van der Waals surface area contributed by atoms with Gasteiger partial charge in [0.25, 0.3) is 0 Å². The van der Waals surface area contributed by atoms with Crippen molar-refractivity contribution in [2.75, 3.05) is 13.1 Å². The van der Waals surface area contributed by atoms with Crippen molar-refractivity contribution >= 4 is 12.2 Å². The highest BCUT2D eigenvalue weighted by Crippen LogP contribution is 2.23. The van der Waals surface area contributed by atoms with E-state index in [-0.39, 0.29) is 25.2 Å². The van der Waals surface area contributed by atoms with E-state index in [1.807, 2.05) is 13.1 Å². The average molecular weight is 324 g/mol. The molecule has 0 saturated carbocycles. The molecule has 2 amide bonds. The average Bonchev–Trinajstić information content (AvgIpc) is 3.02. The van der Waals surface area contributed by atoms with Gasteiger partial charge in [-0.1, -0.05) is 6.92 Å². The number of nitrogens with one attached hydrogen (secondary N) is 1. The fraction of sp³-hybridized carbons (Fsp3) is 0.667. The number of amides is 2. The summed E-state index contributed by atoms with van der Waals surface area (Å²) in [5.74, 6) is 0. The second-order valence-electron chi connectivity index (χ2n) is 6.69. The van der Waals surface area contributed by atoms with Crippen molar-refractivity contribution in [3.05, 3.63) is 18.0 Å². The molecule has 2 N–H and O–H groups in total. The molecule has 23 heavy (non-hydrogen) atoms. The van der Waals surface area contributed by atoms with E-state index in [4.69, 9.17) is 4.74 Å². The van der Waals surface area contributed by atoms with Crippen LogP contribution < -0.4 is 5.32 Å². The monoisotopic (exact) mass is 324 g/mol. The molecule has 0 aromatic carbocycles. The van der Waals surface area contributed by atoms with Crippen LogP contribution in [-0.4, -0.2) is 56.7 Å². The smallest absolute Gasteiger partial charge is 0.408 e. The fourth-order valence-corrected chi connectivity index (χ4v) is 2.55. The molecule has 2 rings (SSSR count). The van der Waals surface area contributed by atoms with Gasteiger partial charge in [-0.15, -0.1) is 0 Å². The summed E-state index contributed by atoms with van der Waals surface area (Å²) in [5.41, 5.74) is 0.459. The summed E-state index contributed by atoms with van der Waals surface area (Å²) < 4.78 is 6.99. The highest BCUT2D eigenvalue weighted by molar-refractivity contribution is 5.69. The third-order valence-electron chi connectivity index (χ3n) is 3.66. The van der Waals surface area contributed by atoms with Gasteiger partial charge in [0.1, 0.15) is 5.60 Å². The zero-order chi connectivity index (χ0) is 17.2. The summed E-state index contributed by atoms with van der Waals surface area (Å²) in [7, 11) is 0. The molecule has 1 aliphatic heterocycles. The van der Waals surface area contributed by atoms with Crippen molar-refractivity contribution in [2.24, 2.45) is 0 Å². The van der Waals surface area contributed by atoms with Crippen molar-refractivity contribution in [2.45, 2.75) is 51.8 Å². The Morgan fingerprint density at radius 1 is 1.43 bits per heavy atom. The zero-order valence-corrected chi connectivity index (χ0v) is 13.9. The second-order valence-corrected chi connectivity index (χ2v) is 6.69. The van der Waals surface area contributed by atoms with Crippen molar-refractivity contribution in [3.8, 4) is 0 Å². The molecular weight excluding hydrogens is 300 g/mol. The first-order chi connectivity index (χ1) is 10.7. The van der Waals surface area contributed by atoms with Gasteiger partial charge in [0.05, 0.1) is 18.3 Å². The number of carbonyl (C=O) groups is 2. The lowest BCUT2D eigenvalue weighted by molar-refractivity contribution is 0.0495. The number of ether oxygens (including phenoxy) is 1. The van der Waals surface area contributed by atoms with Gasteiger partial charge in [0.15, 0.2) is 0 Å².